The first-order valence-corrected chi connectivity index (χ1v) is 13.1. The first-order valence-electron chi connectivity index (χ1n) is 13.1. The molecule has 2 atom stereocenters. The number of benzene rings is 2. The molecule has 14 heteroatoms. The maximum absolute atomic E-state index is 13.6. The summed E-state index contributed by atoms with van der Waals surface area (Å²) in [6.45, 7) is 4.88. The normalized spacial score (nSPS) is 16.9. The molecule has 0 fully saturated rings. The van der Waals surface area contributed by atoms with Crippen LogP contribution in [0.4, 0.5) is 41.6 Å². The van der Waals surface area contributed by atoms with E-state index in [0.717, 1.165) is 12.0 Å². The minimum Gasteiger partial charge on any atom is -0.493 e. The second kappa shape index (κ2) is 13.0. The molecular formula is C28H32F6N2O6. The number of hydrogen-bond donors (Lipinski definition) is 0. The number of fused-ring (bicyclic) bond motifs is 1. The van der Waals surface area contributed by atoms with Crippen molar-refractivity contribution in [2.45, 2.75) is 64.6 Å². The lowest BCUT2D eigenvalue weighted by molar-refractivity contribution is -0.143. The Morgan fingerprint density at radius 3 is 2.07 bits per heavy atom. The van der Waals surface area contributed by atoms with Crippen LogP contribution in [-0.2, 0) is 28.4 Å². The van der Waals surface area contributed by atoms with Gasteiger partial charge in [-0.3, -0.25) is 9.80 Å². The first-order chi connectivity index (χ1) is 19.7. The number of carbonyl (C=O) groups excluding carboxylic acids is 2. The second-order valence-electron chi connectivity index (χ2n) is 9.59. The van der Waals surface area contributed by atoms with Crippen molar-refractivity contribution in [1.82, 2.24) is 4.90 Å². The number of amides is 2. The number of halogens is 6. The van der Waals surface area contributed by atoms with E-state index >= 15 is 0 Å². The molecule has 232 valence electrons. The van der Waals surface area contributed by atoms with E-state index in [1.165, 1.54) is 24.1 Å². The van der Waals surface area contributed by atoms with E-state index in [-0.39, 0.29) is 36.3 Å². The van der Waals surface area contributed by atoms with Crippen LogP contribution in [0.25, 0.3) is 0 Å². The largest absolute Gasteiger partial charge is 0.493 e. The smallest absolute Gasteiger partial charge is 0.416 e. The number of alkyl halides is 6. The second-order valence-corrected chi connectivity index (χ2v) is 9.59. The molecule has 0 unspecified atom stereocenters. The molecule has 0 bridgehead atoms. The molecule has 0 aliphatic carbocycles. The van der Waals surface area contributed by atoms with Gasteiger partial charge in [0.1, 0.15) is 0 Å². The fraction of sp³-hybridized carbons (Fsp3) is 0.500. The average molecular weight is 607 g/mol. The topological polar surface area (TPSA) is 77.5 Å². The summed E-state index contributed by atoms with van der Waals surface area (Å²) in [7, 11) is 2.44. The van der Waals surface area contributed by atoms with Crippen LogP contribution in [0.5, 0.6) is 11.5 Å². The van der Waals surface area contributed by atoms with Crippen molar-refractivity contribution in [3.63, 3.8) is 0 Å². The summed E-state index contributed by atoms with van der Waals surface area (Å²) in [5, 5.41) is 0. The average Bonchev–Trinajstić information content (AvgIpc) is 2.92. The zero-order chi connectivity index (χ0) is 31.4. The van der Waals surface area contributed by atoms with Gasteiger partial charge in [-0.25, -0.2) is 9.59 Å². The Kier molecular flexibility index (Phi) is 10.1. The number of anilines is 1. The van der Waals surface area contributed by atoms with Gasteiger partial charge >= 0.3 is 24.5 Å². The molecule has 2 aromatic carbocycles. The number of ether oxygens (including phenoxy) is 4. The van der Waals surface area contributed by atoms with E-state index in [0.29, 0.717) is 30.7 Å². The van der Waals surface area contributed by atoms with Crippen LogP contribution >= 0.6 is 0 Å². The number of methoxy groups -OCH3 is 2. The lowest BCUT2D eigenvalue weighted by atomic mass is 9.90. The van der Waals surface area contributed by atoms with Crippen molar-refractivity contribution in [1.29, 1.82) is 0 Å². The first kappa shape index (κ1) is 32.7. The lowest BCUT2D eigenvalue weighted by Crippen LogP contribution is -2.47. The van der Waals surface area contributed by atoms with Gasteiger partial charge in [0.15, 0.2) is 11.5 Å². The highest BCUT2D eigenvalue weighted by Crippen LogP contribution is 2.47. The molecule has 3 rings (SSSR count). The van der Waals surface area contributed by atoms with Gasteiger partial charge in [-0.2, -0.15) is 26.3 Å². The number of rotatable bonds is 8. The van der Waals surface area contributed by atoms with Crippen LogP contribution in [0.2, 0.25) is 0 Å². The van der Waals surface area contributed by atoms with Gasteiger partial charge in [0, 0.05) is 24.2 Å². The summed E-state index contributed by atoms with van der Waals surface area (Å²) in [6, 6.07) is 2.63. The lowest BCUT2D eigenvalue weighted by Gasteiger charge is -2.42. The highest BCUT2D eigenvalue weighted by molar-refractivity contribution is 5.91. The summed E-state index contributed by atoms with van der Waals surface area (Å²) < 4.78 is 103. The molecule has 8 nitrogen and oxygen atoms in total. The molecule has 1 aliphatic rings. The van der Waals surface area contributed by atoms with Crippen LogP contribution in [-0.4, -0.2) is 50.6 Å². The predicted octanol–water partition coefficient (Wildman–Crippen LogP) is 7.59. The molecule has 2 amide bonds. The third-order valence-electron chi connectivity index (χ3n) is 6.65. The maximum atomic E-state index is 13.6. The summed E-state index contributed by atoms with van der Waals surface area (Å²) in [6.07, 6.45) is -11.1. The Balaban J connectivity index is 2.22. The van der Waals surface area contributed by atoms with Crippen molar-refractivity contribution in [2.75, 3.05) is 32.3 Å². The molecule has 0 saturated carbocycles. The van der Waals surface area contributed by atoms with Crippen LogP contribution in [0.15, 0.2) is 30.3 Å². The quantitative estimate of drug-likeness (QED) is 0.288. The zero-order valence-electron chi connectivity index (χ0n) is 23.7. The monoisotopic (exact) mass is 606 g/mol. The molecule has 0 radical (unpaired) electrons. The van der Waals surface area contributed by atoms with Gasteiger partial charge in [0.2, 0.25) is 0 Å². The van der Waals surface area contributed by atoms with E-state index in [1.807, 2.05) is 6.92 Å². The van der Waals surface area contributed by atoms with Crippen molar-refractivity contribution in [3.05, 3.63) is 52.6 Å². The fourth-order valence-electron chi connectivity index (χ4n) is 4.81. The molecule has 0 spiro atoms. The number of hydrogen-bond acceptors (Lipinski definition) is 6. The Morgan fingerprint density at radius 1 is 0.952 bits per heavy atom. The van der Waals surface area contributed by atoms with Crippen molar-refractivity contribution in [3.8, 4) is 11.5 Å². The minimum absolute atomic E-state index is 0.0187. The van der Waals surface area contributed by atoms with E-state index in [2.05, 4.69) is 0 Å². The van der Waals surface area contributed by atoms with Gasteiger partial charge in [-0.15, -0.1) is 0 Å². The maximum Gasteiger partial charge on any atom is 0.416 e. The summed E-state index contributed by atoms with van der Waals surface area (Å²) >= 11 is 0. The standard InChI is InChI=1S/C28H32F6N2O6/c1-6-8-42-24-13-20-21(9-16(3)36(26(38)41-7-2)22(20)14-23(24)39-4)35(25(37)40-5)15-17-10-18(27(29,30)31)12-19(11-17)28(32,33)34/h10-14,16,21H,6-9,15H2,1-5H3/t16-,21+/m0/s1. The van der Waals surface area contributed by atoms with Gasteiger partial charge in [0.05, 0.1) is 50.3 Å². The third-order valence-corrected chi connectivity index (χ3v) is 6.65. The van der Waals surface area contributed by atoms with Crippen LogP contribution < -0.4 is 14.4 Å². The van der Waals surface area contributed by atoms with E-state index in [4.69, 9.17) is 18.9 Å². The minimum atomic E-state index is -5.07. The highest BCUT2D eigenvalue weighted by Gasteiger charge is 2.41. The molecule has 2 aromatic rings. The molecule has 0 N–H and O–H groups in total. The molecule has 1 aliphatic heterocycles. The zero-order valence-corrected chi connectivity index (χ0v) is 23.7. The van der Waals surface area contributed by atoms with Crippen molar-refractivity contribution < 1.29 is 54.9 Å². The Labute approximate surface area is 239 Å². The Bertz CT molecular complexity index is 1250. The van der Waals surface area contributed by atoms with E-state index < -0.39 is 59.9 Å². The van der Waals surface area contributed by atoms with Gasteiger partial charge in [0.25, 0.3) is 0 Å². The molecule has 42 heavy (non-hydrogen) atoms. The Morgan fingerprint density at radius 2 is 1.57 bits per heavy atom. The summed E-state index contributed by atoms with van der Waals surface area (Å²) in [5.41, 5.74) is -2.83. The molecule has 1 heterocycles. The van der Waals surface area contributed by atoms with Gasteiger partial charge < -0.3 is 18.9 Å². The third kappa shape index (κ3) is 7.13. The number of nitrogens with zero attached hydrogens (tertiary/aromatic N) is 2. The number of carbonyl (C=O) groups is 2. The fourth-order valence-corrected chi connectivity index (χ4v) is 4.81. The predicted molar refractivity (Wildman–Crippen MR) is 139 cm³/mol. The molecule has 0 saturated heterocycles. The highest BCUT2D eigenvalue weighted by atomic mass is 19.4. The summed E-state index contributed by atoms with van der Waals surface area (Å²) in [5.74, 6) is 0.534. The molecule has 0 aromatic heterocycles. The van der Waals surface area contributed by atoms with E-state index in [1.54, 1.807) is 13.8 Å². The molecular weight excluding hydrogens is 574 g/mol. The van der Waals surface area contributed by atoms with Gasteiger partial charge in [-0.05, 0) is 56.5 Å². The SMILES string of the molecule is CCCOc1cc2c(cc1OC)N(C(=O)OCC)[C@@H](C)C[C@H]2N(Cc1cc(C(F)(F)F)cc(C(F)(F)F)c1)C(=O)OC. The van der Waals surface area contributed by atoms with Crippen molar-refractivity contribution >= 4 is 17.9 Å². The van der Waals surface area contributed by atoms with Gasteiger partial charge in [-0.1, -0.05) is 6.92 Å². The van der Waals surface area contributed by atoms with E-state index in [9.17, 15) is 35.9 Å². The van der Waals surface area contributed by atoms with Crippen LogP contribution in [0, 0.1) is 0 Å². The Hall–Kier alpha value is -3.84. The van der Waals surface area contributed by atoms with Crippen molar-refractivity contribution in [2.24, 2.45) is 0 Å². The van der Waals surface area contributed by atoms with Crippen LogP contribution in [0.1, 0.15) is 61.9 Å². The summed E-state index contributed by atoms with van der Waals surface area (Å²) in [4.78, 5) is 28.4. The van der Waals surface area contributed by atoms with Crippen LogP contribution in [0.3, 0.4) is 0 Å².